The molecule has 0 saturated heterocycles. The van der Waals surface area contributed by atoms with Gasteiger partial charge in [-0.15, -0.1) is 0 Å². The molecule has 102 valence electrons. The Kier molecular flexibility index (Phi) is 3.48. The Bertz CT molecular complexity index is 636. The number of carbonyl (C=O) groups excluding carboxylic acids is 1. The molecule has 2 N–H and O–H groups in total. The van der Waals surface area contributed by atoms with Crippen LogP contribution in [-0.2, 0) is 4.79 Å². The third-order valence-corrected chi connectivity index (χ3v) is 3.42. The van der Waals surface area contributed by atoms with E-state index in [0.29, 0.717) is 23.1 Å². The molecule has 0 fully saturated rings. The number of halogens is 2. The van der Waals surface area contributed by atoms with Crippen LogP contribution in [0, 0.1) is 0 Å². The van der Waals surface area contributed by atoms with Gasteiger partial charge >= 0.3 is 0 Å². The molecule has 0 aromatic heterocycles. The van der Waals surface area contributed by atoms with E-state index in [4.69, 9.17) is 23.4 Å². The molecular formula is C13H11Cl2N4O+. The van der Waals surface area contributed by atoms with Crippen molar-refractivity contribution in [2.24, 2.45) is 4.99 Å². The zero-order valence-corrected chi connectivity index (χ0v) is 11.8. The summed E-state index contributed by atoms with van der Waals surface area (Å²) in [5.74, 6) is 0.527. The molecule has 0 saturated carbocycles. The molecule has 1 aromatic carbocycles. The molecule has 5 nitrogen and oxygen atoms in total. The fourth-order valence-corrected chi connectivity index (χ4v) is 2.27. The van der Waals surface area contributed by atoms with E-state index in [0.717, 1.165) is 10.7 Å². The van der Waals surface area contributed by atoms with Crippen molar-refractivity contribution in [3.05, 3.63) is 53.5 Å². The van der Waals surface area contributed by atoms with Gasteiger partial charge in [0, 0.05) is 34.8 Å². The van der Waals surface area contributed by atoms with Crippen LogP contribution in [0.1, 0.15) is 0 Å². The Balaban J connectivity index is 1.73. The number of carbonyl (C=O) groups is 1. The summed E-state index contributed by atoms with van der Waals surface area (Å²) >= 11 is 11.7. The van der Waals surface area contributed by atoms with Gasteiger partial charge in [0.05, 0.1) is 0 Å². The van der Waals surface area contributed by atoms with Crippen molar-refractivity contribution in [1.29, 1.82) is 0 Å². The normalized spacial score (nSPS) is 20.3. The SMILES string of the molecule is O=C(Nc1ccc(Cl)cc1)C1=C[NH+]2CN(Cl)C=CC2=N1. The number of amidine groups is 1. The number of nitrogens with one attached hydrogen (secondary N) is 2. The molecule has 1 atom stereocenters. The first-order chi connectivity index (χ1) is 9.61. The van der Waals surface area contributed by atoms with E-state index in [1.165, 1.54) is 4.42 Å². The maximum atomic E-state index is 12.1. The van der Waals surface area contributed by atoms with E-state index < -0.39 is 0 Å². The third-order valence-electron chi connectivity index (χ3n) is 2.93. The largest absolute Gasteiger partial charge is 0.320 e. The molecule has 0 bridgehead atoms. The minimum atomic E-state index is -0.253. The number of hydrogen-bond acceptors (Lipinski definition) is 3. The van der Waals surface area contributed by atoms with Gasteiger partial charge in [-0.3, -0.25) is 4.79 Å². The fraction of sp³-hybridized carbons (Fsp3) is 0.0769. The zero-order chi connectivity index (χ0) is 14.1. The molecule has 20 heavy (non-hydrogen) atoms. The average Bonchev–Trinajstić information content (AvgIpc) is 2.84. The second kappa shape index (κ2) is 5.28. The Morgan fingerprint density at radius 1 is 1.35 bits per heavy atom. The van der Waals surface area contributed by atoms with Crippen LogP contribution in [0.3, 0.4) is 0 Å². The molecule has 2 heterocycles. The van der Waals surface area contributed by atoms with Gasteiger partial charge in [0.1, 0.15) is 6.20 Å². The van der Waals surface area contributed by atoms with Gasteiger partial charge in [-0.1, -0.05) is 11.6 Å². The Labute approximate surface area is 125 Å². The van der Waals surface area contributed by atoms with Crippen LogP contribution in [0.4, 0.5) is 5.69 Å². The molecule has 1 unspecified atom stereocenters. The zero-order valence-electron chi connectivity index (χ0n) is 10.3. The van der Waals surface area contributed by atoms with Gasteiger partial charge < -0.3 is 5.32 Å². The number of rotatable bonds is 2. The quantitative estimate of drug-likeness (QED) is 0.810. The first-order valence-corrected chi connectivity index (χ1v) is 6.67. The van der Waals surface area contributed by atoms with Crippen molar-refractivity contribution in [3.8, 4) is 0 Å². The summed E-state index contributed by atoms with van der Waals surface area (Å²) in [6.45, 7) is 0.536. The molecule has 7 heteroatoms. The van der Waals surface area contributed by atoms with Crippen LogP contribution in [-0.4, -0.2) is 22.8 Å². The minimum absolute atomic E-state index is 0.253. The monoisotopic (exact) mass is 309 g/mol. The summed E-state index contributed by atoms with van der Waals surface area (Å²) in [6, 6.07) is 6.91. The lowest BCUT2D eigenvalue weighted by atomic mass is 10.3. The van der Waals surface area contributed by atoms with E-state index in [2.05, 4.69) is 10.3 Å². The molecule has 0 aliphatic carbocycles. The predicted octanol–water partition coefficient (Wildman–Crippen LogP) is 1.36. The van der Waals surface area contributed by atoms with Gasteiger partial charge in [-0.25, -0.2) is 9.32 Å². The molecule has 2 aliphatic heterocycles. The van der Waals surface area contributed by atoms with Crippen LogP contribution in [0.25, 0.3) is 0 Å². The van der Waals surface area contributed by atoms with Gasteiger partial charge in [-0.05, 0) is 24.3 Å². The standard InChI is InChI=1S/C13H10Cl2N4O/c14-9-1-3-10(4-2-9)16-13(20)11-7-18-8-19(15)6-5-12(18)17-11/h1-7H,8H2,(H,16,20)/p+1. The number of hydrogen-bond donors (Lipinski definition) is 2. The van der Waals surface area contributed by atoms with Gasteiger partial charge in [0.15, 0.2) is 12.4 Å². The average molecular weight is 310 g/mol. The highest BCUT2D eigenvalue weighted by atomic mass is 35.5. The second-order valence-corrected chi connectivity index (χ2v) is 5.26. The van der Waals surface area contributed by atoms with Crippen molar-refractivity contribution in [2.75, 3.05) is 12.0 Å². The van der Waals surface area contributed by atoms with Crippen molar-refractivity contribution >= 4 is 40.8 Å². The Morgan fingerprint density at radius 3 is 2.85 bits per heavy atom. The van der Waals surface area contributed by atoms with Crippen LogP contribution < -0.4 is 10.2 Å². The highest BCUT2D eigenvalue weighted by Crippen LogP contribution is 2.15. The number of quaternary nitrogens is 1. The smallest absolute Gasteiger partial charge is 0.280 e. The maximum Gasteiger partial charge on any atom is 0.280 e. The summed E-state index contributed by atoms with van der Waals surface area (Å²) in [6.07, 6.45) is 5.25. The highest BCUT2D eigenvalue weighted by Gasteiger charge is 2.29. The maximum absolute atomic E-state index is 12.1. The number of anilines is 1. The van der Waals surface area contributed by atoms with Crippen LogP contribution >= 0.6 is 23.4 Å². The number of amides is 1. The third kappa shape index (κ3) is 2.70. The number of aliphatic imine (C=N–C) groups is 1. The fourth-order valence-electron chi connectivity index (χ4n) is 1.96. The van der Waals surface area contributed by atoms with Gasteiger partial charge in [0.2, 0.25) is 5.84 Å². The van der Waals surface area contributed by atoms with Crippen molar-refractivity contribution in [2.45, 2.75) is 0 Å². The van der Waals surface area contributed by atoms with Crippen LogP contribution in [0.5, 0.6) is 0 Å². The molecule has 1 amide bonds. The summed E-state index contributed by atoms with van der Waals surface area (Å²) in [7, 11) is 0. The molecule has 0 spiro atoms. The molecular weight excluding hydrogens is 299 g/mol. The first-order valence-electron chi connectivity index (χ1n) is 5.96. The van der Waals surface area contributed by atoms with Gasteiger partial charge in [-0.2, -0.15) is 4.99 Å². The predicted molar refractivity (Wildman–Crippen MR) is 78.3 cm³/mol. The minimum Gasteiger partial charge on any atom is -0.320 e. The summed E-state index contributed by atoms with van der Waals surface area (Å²) < 4.78 is 1.52. The van der Waals surface area contributed by atoms with Gasteiger partial charge in [0.25, 0.3) is 5.91 Å². The topological polar surface area (TPSA) is 49.1 Å². The van der Waals surface area contributed by atoms with Crippen LogP contribution in [0.2, 0.25) is 5.02 Å². The van der Waals surface area contributed by atoms with Crippen molar-refractivity contribution in [1.82, 2.24) is 4.42 Å². The Hall–Kier alpha value is -1.82. The van der Waals surface area contributed by atoms with Crippen molar-refractivity contribution in [3.63, 3.8) is 0 Å². The van der Waals surface area contributed by atoms with E-state index in [-0.39, 0.29) is 5.91 Å². The summed E-state index contributed by atoms with van der Waals surface area (Å²) in [4.78, 5) is 17.3. The number of nitrogens with zero attached hydrogens (tertiary/aromatic N) is 2. The summed E-state index contributed by atoms with van der Waals surface area (Å²) in [5.41, 5.74) is 1.05. The lowest BCUT2D eigenvalue weighted by Crippen LogP contribution is -3.11. The van der Waals surface area contributed by atoms with Crippen LogP contribution in [0.15, 0.2) is 53.4 Å². The van der Waals surface area contributed by atoms with E-state index in [1.54, 1.807) is 42.7 Å². The number of benzene rings is 1. The van der Waals surface area contributed by atoms with E-state index in [9.17, 15) is 4.79 Å². The lowest BCUT2D eigenvalue weighted by molar-refractivity contribution is -0.754. The van der Waals surface area contributed by atoms with E-state index >= 15 is 0 Å². The molecule has 1 aromatic rings. The highest BCUT2D eigenvalue weighted by molar-refractivity contribution is 6.30. The van der Waals surface area contributed by atoms with E-state index in [1.807, 2.05) is 0 Å². The van der Waals surface area contributed by atoms with Crippen molar-refractivity contribution < 1.29 is 9.69 Å². The molecule has 3 rings (SSSR count). The molecule has 0 radical (unpaired) electrons. The lowest BCUT2D eigenvalue weighted by Gasteiger charge is -2.19. The summed E-state index contributed by atoms with van der Waals surface area (Å²) in [5, 5.41) is 3.40. The molecule has 2 aliphatic rings. The second-order valence-electron chi connectivity index (χ2n) is 4.39. The number of fused-ring (bicyclic) bond motifs is 1. The first kappa shape index (κ1) is 13.2. The Morgan fingerprint density at radius 2 is 2.10 bits per heavy atom.